The maximum absolute atomic E-state index is 11.0. The van der Waals surface area contributed by atoms with Crippen LogP contribution in [0, 0.1) is 10.1 Å². The number of ether oxygens (including phenoxy) is 1. The standard InChI is InChI=1S/C38H53N7O3/c1-3-5-7-9-11-13-25-43-26-28-44(29-27-43)35-20-15-32(16-21-35)39-41-34-19-24-37(38(31-34)48-30-14-12-10-8-6-4-2)42-40-33-17-22-36(23-18-33)45(46)47/h15-24,31H,3-14,25-30H2,1-2H3. The SMILES string of the molecule is CCCCCCCCOc1cc(N=Nc2ccc(N3CCN(CCCCCCCC)CC3)cc2)ccc1N=Nc1ccc([N+](=O)[O-])cc1. The first kappa shape index (κ1) is 36.7. The van der Waals surface area contributed by atoms with Crippen molar-refractivity contribution in [2.24, 2.45) is 20.5 Å². The highest BCUT2D eigenvalue weighted by molar-refractivity contribution is 5.59. The molecule has 3 aromatic rings. The molecule has 1 aliphatic heterocycles. The molecule has 0 unspecified atom stereocenters. The Balaban J connectivity index is 1.33. The van der Waals surface area contributed by atoms with Crippen molar-refractivity contribution >= 4 is 34.1 Å². The van der Waals surface area contributed by atoms with E-state index in [2.05, 4.69) is 56.2 Å². The number of nitro groups is 1. The summed E-state index contributed by atoms with van der Waals surface area (Å²) < 4.78 is 6.15. The van der Waals surface area contributed by atoms with Crippen molar-refractivity contribution < 1.29 is 9.66 Å². The highest BCUT2D eigenvalue weighted by atomic mass is 16.6. The van der Waals surface area contributed by atoms with E-state index in [1.807, 2.05) is 30.3 Å². The Bertz CT molecular complexity index is 1420. The molecule has 10 heteroatoms. The number of rotatable bonds is 21. The number of hydrogen-bond acceptors (Lipinski definition) is 9. The Labute approximate surface area is 286 Å². The molecule has 1 saturated heterocycles. The summed E-state index contributed by atoms with van der Waals surface area (Å²) in [6.07, 6.45) is 15.1. The lowest BCUT2D eigenvalue weighted by Gasteiger charge is -2.36. The van der Waals surface area contributed by atoms with E-state index < -0.39 is 4.92 Å². The first-order valence-corrected chi connectivity index (χ1v) is 18.0. The monoisotopic (exact) mass is 655 g/mol. The molecule has 0 bridgehead atoms. The number of non-ortho nitro benzene ring substituents is 1. The lowest BCUT2D eigenvalue weighted by Crippen LogP contribution is -2.46. The molecule has 0 spiro atoms. The Morgan fingerprint density at radius 2 is 1.19 bits per heavy atom. The summed E-state index contributed by atoms with van der Waals surface area (Å²) >= 11 is 0. The van der Waals surface area contributed by atoms with Crippen LogP contribution in [0.2, 0.25) is 0 Å². The van der Waals surface area contributed by atoms with Gasteiger partial charge in [-0.3, -0.25) is 15.0 Å². The topological polar surface area (TPSA) is 108 Å². The van der Waals surface area contributed by atoms with Gasteiger partial charge >= 0.3 is 0 Å². The Morgan fingerprint density at radius 1 is 0.646 bits per heavy atom. The molecular formula is C38H53N7O3. The molecule has 1 aliphatic rings. The van der Waals surface area contributed by atoms with Crippen LogP contribution >= 0.6 is 0 Å². The molecule has 10 nitrogen and oxygen atoms in total. The second kappa shape index (κ2) is 20.9. The third kappa shape index (κ3) is 12.8. The van der Waals surface area contributed by atoms with Crippen molar-refractivity contribution in [1.29, 1.82) is 0 Å². The Kier molecular flexibility index (Phi) is 16.0. The zero-order valence-corrected chi connectivity index (χ0v) is 28.9. The number of nitro benzene ring substituents is 1. The lowest BCUT2D eigenvalue weighted by molar-refractivity contribution is -0.384. The van der Waals surface area contributed by atoms with Crippen molar-refractivity contribution in [3.05, 3.63) is 76.8 Å². The minimum atomic E-state index is -0.434. The van der Waals surface area contributed by atoms with Gasteiger partial charge in [-0.1, -0.05) is 78.1 Å². The van der Waals surface area contributed by atoms with E-state index in [1.54, 1.807) is 12.1 Å². The highest BCUT2D eigenvalue weighted by Crippen LogP contribution is 2.34. The van der Waals surface area contributed by atoms with Gasteiger partial charge in [-0.2, -0.15) is 15.3 Å². The van der Waals surface area contributed by atoms with Crippen LogP contribution in [0.3, 0.4) is 0 Å². The van der Waals surface area contributed by atoms with Crippen LogP contribution in [0.25, 0.3) is 0 Å². The van der Waals surface area contributed by atoms with Gasteiger partial charge in [0.15, 0.2) is 0 Å². The van der Waals surface area contributed by atoms with Gasteiger partial charge in [0, 0.05) is 50.1 Å². The fourth-order valence-corrected chi connectivity index (χ4v) is 5.77. The smallest absolute Gasteiger partial charge is 0.269 e. The van der Waals surface area contributed by atoms with Crippen molar-refractivity contribution in [2.75, 3.05) is 44.2 Å². The summed E-state index contributed by atoms with van der Waals surface area (Å²) in [5.74, 6) is 0.580. The zero-order chi connectivity index (χ0) is 33.8. The molecule has 0 radical (unpaired) electrons. The first-order chi connectivity index (χ1) is 23.6. The maximum Gasteiger partial charge on any atom is 0.269 e. The third-order valence-corrected chi connectivity index (χ3v) is 8.73. The molecule has 0 N–H and O–H groups in total. The lowest BCUT2D eigenvalue weighted by atomic mass is 10.1. The molecule has 0 amide bonds. The van der Waals surface area contributed by atoms with E-state index in [0.717, 1.165) is 44.7 Å². The number of hydrogen-bond donors (Lipinski definition) is 0. The van der Waals surface area contributed by atoms with Gasteiger partial charge in [0.2, 0.25) is 0 Å². The second-order valence-corrected chi connectivity index (χ2v) is 12.6. The van der Waals surface area contributed by atoms with Crippen molar-refractivity contribution in [3.63, 3.8) is 0 Å². The number of anilines is 1. The van der Waals surface area contributed by atoms with Crippen LogP contribution in [-0.2, 0) is 0 Å². The van der Waals surface area contributed by atoms with Crippen molar-refractivity contribution in [3.8, 4) is 5.75 Å². The zero-order valence-electron chi connectivity index (χ0n) is 28.9. The summed E-state index contributed by atoms with van der Waals surface area (Å²) in [5, 5.41) is 28.6. The molecule has 48 heavy (non-hydrogen) atoms. The molecule has 258 valence electrons. The van der Waals surface area contributed by atoms with Gasteiger partial charge in [0.05, 0.1) is 28.6 Å². The highest BCUT2D eigenvalue weighted by Gasteiger charge is 2.17. The minimum Gasteiger partial charge on any atom is -0.491 e. The number of benzene rings is 3. The number of unbranched alkanes of at least 4 members (excludes halogenated alkanes) is 10. The minimum absolute atomic E-state index is 0.0122. The molecule has 3 aromatic carbocycles. The number of piperazine rings is 1. The number of nitrogens with zero attached hydrogens (tertiary/aromatic N) is 7. The van der Waals surface area contributed by atoms with Gasteiger partial charge in [0.1, 0.15) is 11.4 Å². The van der Waals surface area contributed by atoms with Gasteiger partial charge in [-0.15, -0.1) is 5.11 Å². The van der Waals surface area contributed by atoms with E-state index in [1.165, 1.54) is 88.6 Å². The van der Waals surface area contributed by atoms with E-state index >= 15 is 0 Å². The molecule has 0 aromatic heterocycles. The summed E-state index contributed by atoms with van der Waals surface area (Å²) in [4.78, 5) is 15.6. The second-order valence-electron chi connectivity index (χ2n) is 12.6. The van der Waals surface area contributed by atoms with Crippen LogP contribution in [0.1, 0.15) is 90.9 Å². The van der Waals surface area contributed by atoms with Gasteiger partial charge in [0.25, 0.3) is 5.69 Å². The molecule has 1 fully saturated rings. The van der Waals surface area contributed by atoms with Crippen LogP contribution in [0.15, 0.2) is 87.2 Å². The van der Waals surface area contributed by atoms with Crippen LogP contribution in [0.4, 0.5) is 34.1 Å². The molecular weight excluding hydrogens is 602 g/mol. The average molecular weight is 656 g/mol. The third-order valence-electron chi connectivity index (χ3n) is 8.73. The summed E-state index contributed by atoms with van der Waals surface area (Å²) in [6.45, 7) is 10.6. The first-order valence-electron chi connectivity index (χ1n) is 18.0. The van der Waals surface area contributed by atoms with Gasteiger partial charge in [-0.25, -0.2) is 0 Å². The summed E-state index contributed by atoms with van der Waals surface area (Å²) in [5.41, 5.74) is 3.77. The van der Waals surface area contributed by atoms with Crippen LogP contribution in [0.5, 0.6) is 5.75 Å². The Morgan fingerprint density at radius 3 is 1.83 bits per heavy atom. The van der Waals surface area contributed by atoms with E-state index in [4.69, 9.17) is 4.74 Å². The summed E-state index contributed by atoms with van der Waals surface area (Å²) in [6, 6.07) is 19.8. The largest absolute Gasteiger partial charge is 0.491 e. The van der Waals surface area contributed by atoms with Crippen molar-refractivity contribution in [1.82, 2.24) is 4.90 Å². The molecule has 1 heterocycles. The predicted molar refractivity (Wildman–Crippen MR) is 195 cm³/mol. The molecule has 0 aliphatic carbocycles. The molecule has 0 atom stereocenters. The van der Waals surface area contributed by atoms with Crippen LogP contribution < -0.4 is 9.64 Å². The van der Waals surface area contributed by atoms with Gasteiger partial charge in [-0.05, 0) is 67.9 Å². The fourth-order valence-electron chi connectivity index (χ4n) is 5.77. The fraction of sp³-hybridized carbons (Fsp3) is 0.526. The quantitative estimate of drug-likeness (QED) is 0.0491. The van der Waals surface area contributed by atoms with E-state index in [-0.39, 0.29) is 5.69 Å². The normalized spacial score (nSPS) is 13.9. The van der Waals surface area contributed by atoms with Gasteiger partial charge < -0.3 is 9.64 Å². The Hall–Kier alpha value is -4.18. The molecule has 4 rings (SSSR count). The van der Waals surface area contributed by atoms with E-state index in [9.17, 15) is 10.1 Å². The predicted octanol–water partition coefficient (Wildman–Crippen LogP) is 11.6. The van der Waals surface area contributed by atoms with E-state index in [0.29, 0.717) is 29.4 Å². The van der Waals surface area contributed by atoms with Crippen molar-refractivity contribution in [2.45, 2.75) is 90.9 Å². The average Bonchev–Trinajstić information content (AvgIpc) is 3.12. The summed E-state index contributed by atoms with van der Waals surface area (Å²) in [7, 11) is 0. The number of azo groups is 2. The van der Waals surface area contributed by atoms with Crippen LogP contribution in [-0.4, -0.2) is 49.2 Å². The maximum atomic E-state index is 11.0. The molecule has 0 saturated carbocycles.